The summed E-state index contributed by atoms with van der Waals surface area (Å²) in [6, 6.07) is 0. The van der Waals surface area contributed by atoms with Gasteiger partial charge in [-0.1, -0.05) is 13.8 Å². The molecule has 0 spiro atoms. The first-order valence-corrected chi connectivity index (χ1v) is 5.79. The maximum atomic E-state index is 11.7. The van der Waals surface area contributed by atoms with E-state index in [-0.39, 0.29) is 17.6 Å². The van der Waals surface area contributed by atoms with Crippen LogP contribution in [-0.4, -0.2) is 29.7 Å². The van der Waals surface area contributed by atoms with Gasteiger partial charge in [-0.05, 0) is 25.7 Å². The Balaban J connectivity index is 2.35. The lowest BCUT2D eigenvalue weighted by molar-refractivity contribution is -0.135. The van der Waals surface area contributed by atoms with E-state index in [9.17, 15) is 9.59 Å². The zero-order chi connectivity index (χ0) is 11.4. The number of hydrogen-bond donors (Lipinski definition) is 0. The minimum atomic E-state index is 0.0920. The molecule has 1 heterocycles. The number of piperidine rings is 1. The standard InChI is InChI=1S/C12H21NO2/c1-9(2)12(15)13-6-4-11(5-7-13)8-10(3)14/h9,11H,4-8H2,1-3H3. The molecule has 0 N–H and O–H groups in total. The van der Waals surface area contributed by atoms with E-state index in [1.54, 1.807) is 6.92 Å². The van der Waals surface area contributed by atoms with Crippen LogP contribution in [0.5, 0.6) is 0 Å². The van der Waals surface area contributed by atoms with Crippen molar-refractivity contribution in [1.82, 2.24) is 4.90 Å². The fraction of sp³-hybridized carbons (Fsp3) is 0.833. The van der Waals surface area contributed by atoms with Crippen LogP contribution in [0.4, 0.5) is 0 Å². The van der Waals surface area contributed by atoms with E-state index < -0.39 is 0 Å². The lowest BCUT2D eigenvalue weighted by Gasteiger charge is -2.32. The molecule has 1 saturated heterocycles. The highest BCUT2D eigenvalue weighted by Gasteiger charge is 2.24. The Morgan fingerprint density at radius 1 is 1.27 bits per heavy atom. The van der Waals surface area contributed by atoms with Crippen molar-refractivity contribution in [2.45, 2.75) is 40.0 Å². The van der Waals surface area contributed by atoms with Gasteiger partial charge in [-0.15, -0.1) is 0 Å². The third-order valence-corrected chi connectivity index (χ3v) is 3.00. The quantitative estimate of drug-likeness (QED) is 0.714. The molecule has 0 radical (unpaired) electrons. The van der Waals surface area contributed by atoms with Crippen molar-refractivity contribution in [3.05, 3.63) is 0 Å². The highest BCUT2D eigenvalue weighted by atomic mass is 16.2. The molecular formula is C12H21NO2. The summed E-state index contributed by atoms with van der Waals surface area (Å²) in [6.45, 7) is 7.17. The molecule has 0 unspecified atom stereocenters. The second kappa shape index (κ2) is 5.29. The lowest BCUT2D eigenvalue weighted by atomic mass is 9.91. The predicted octanol–water partition coefficient (Wildman–Crippen LogP) is 1.86. The highest BCUT2D eigenvalue weighted by Crippen LogP contribution is 2.21. The van der Waals surface area contributed by atoms with Crippen LogP contribution in [-0.2, 0) is 9.59 Å². The first kappa shape index (κ1) is 12.2. The lowest BCUT2D eigenvalue weighted by Crippen LogP contribution is -2.40. The first-order chi connectivity index (χ1) is 7.00. The van der Waals surface area contributed by atoms with Gasteiger partial charge in [-0.2, -0.15) is 0 Å². The Kier molecular flexibility index (Phi) is 4.30. The Labute approximate surface area is 91.8 Å². The largest absolute Gasteiger partial charge is 0.342 e. The molecule has 0 atom stereocenters. The number of amides is 1. The van der Waals surface area contributed by atoms with Gasteiger partial charge in [-0.3, -0.25) is 4.79 Å². The Morgan fingerprint density at radius 2 is 1.80 bits per heavy atom. The van der Waals surface area contributed by atoms with Gasteiger partial charge >= 0.3 is 0 Å². The van der Waals surface area contributed by atoms with Crippen molar-refractivity contribution in [3.63, 3.8) is 0 Å². The fourth-order valence-corrected chi connectivity index (χ4v) is 2.13. The van der Waals surface area contributed by atoms with Crippen molar-refractivity contribution in [3.8, 4) is 0 Å². The number of hydrogen-bond acceptors (Lipinski definition) is 2. The van der Waals surface area contributed by atoms with E-state index >= 15 is 0 Å². The van der Waals surface area contributed by atoms with Gasteiger partial charge in [0, 0.05) is 25.4 Å². The van der Waals surface area contributed by atoms with Crippen molar-refractivity contribution >= 4 is 11.7 Å². The second-order valence-corrected chi connectivity index (χ2v) is 4.83. The fourth-order valence-electron chi connectivity index (χ4n) is 2.13. The van der Waals surface area contributed by atoms with Crippen LogP contribution in [0.15, 0.2) is 0 Å². The van der Waals surface area contributed by atoms with Gasteiger partial charge in [0.2, 0.25) is 5.91 Å². The third-order valence-electron chi connectivity index (χ3n) is 3.00. The number of Topliss-reactive ketones (excluding diaryl/α,β-unsaturated/α-hetero) is 1. The van der Waals surface area contributed by atoms with Crippen LogP contribution in [0.25, 0.3) is 0 Å². The molecule has 0 bridgehead atoms. The van der Waals surface area contributed by atoms with E-state index in [1.165, 1.54) is 0 Å². The summed E-state index contributed by atoms with van der Waals surface area (Å²) in [5.41, 5.74) is 0. The van der Waals surface area contributed by atoms with Crippen molar-refractivity contribution in [2.24, 2.45) is 11.8 Å². The molecule has 1 fully saturated rings. The molecule has 0 aliphatic carbocycles. The molecule has 0 aromatic carbocycles. The van der Waals surface area contributed by atoms with Crippen LogP contribution in [0.3, 0.4) is 0 Å². The predicted molar refractivity (Wildman–Crippen MR) is 59.4 cm³/mol. The van der Waals surface area contributed by atoms with E-state index in [4.69, 9.17) is 0 Å². The van der Waals surface area contributed by atoms with Gasteiger partial charge in [0.05, 0.1) is 0 Å². The molecule has 0 aromatic heterocycles. The molecular weight excluding hydrogens is 190 g/mol. The molecule has 86 valence electrons. The summed E-state index contributed by atoms with van der Waals surface area (Å²) >= 11 is 0. The average Bonchev–Trinajstić information content (AvgIpc) is 2.17. The molecule has 1 amide bonds. The summed E-state index contributed by atoms with van der Waals surface area (Å²) < 4.78 is 0. The van der Waals surface area contributed by atoms with Crippen molar-refractivity contribution in [2.75, 3.05) is 13.1 Å². The van der Waals surface area contributed by atoms with Crippen LogP contribution >= 0.6 is 0 Å². The van der Waals surface area contributed by atoms with Gasteiger partial charge in [0.15, 0.2) is 0 Å². The van der Waals surface area contributed by atoms with E-state index in [0.717, 1.165) is 25.9 Å². The molecule has 1 aliphatic heterocycles. The van der Waals surface area contributed by atoms with Crippen LogP contribution < -0.4 is 0 Å². The number of rotatable bonds is 3. The Hall–Kier alpha value is -0.860. The number of nitrogens with zero attached hydrogens (tertiary/aromatic N) is 1. The van der Waals surface area contributed by atoms with E-state index in [2.05, 4.69) is 0 Å². The smallest absolute Gasteiger partial charge is 0.225 e. The van der Waals surface area contributed by atoms with Gasteiger partial charge < -0.3 is 9.69 Å². The summed E-state index contributed by atoms with van der Waals surface area (Å²) in [4.78, 5) is 24.6. The summed E-state index contributed by atoms with van der Waals surface area (Å²) in [5, 5.41) is 0. The van der Waals surface area contributed by atoms with Gasteiger partial charge in [0.1, 0.15) is 5.78 Å². The SMILES string of the molecule is CC(=O)CC1CCN(C(=O)C(C)C)CC1. The summed E-state index contributed by atoms with van der Waals surface area (Å²) in [7, 11) is 0. The van der Waals surface area contributed by atoms with Crippen molar-refractivity contribution in [1.29, 1.82) is 0 Å². The van der Waals surface area contributed by atoms with Crippen LogP contribution in [0, 0.1) is 11.8 Å². The van der Waals surface area contributed by atoms with Crippen molar-refractivity contribution < 1.29 is 9.59 Å². The maximum Gasteiger partial charge on any atom is 0.225 e. The molecule has 1 rings (SSSR count). The van der Waals surface area contributed by atoms with Gasteiger partial charge in [0.25, 0.3) is 0 Å². The number of carbonyl (C=O) groups excluding carboxylic acids is 2. The third kappa shape index (κ3) is 3.65. The first-order valence-electron chi connectivity index (χ1n) is 5.79. The molecule has 3 heteroatoms. The highest BCUT2D eigenvalue weighted by molar-refractivity contribution is 5.78. The Bertz CT molecular complexity index is 240. The minimum absolute atomic E-state index is 0.0920. The average molecular weight is 211 g/mol. The molecule has 0 aromatic rings. The van der Waals surface area contributed by atoms with E-state index in [1.807, 2.05) is 18.7 Å². The number of carbonyl (C=O) groups is 2. The molecule has 3 nitrogen and oxygen atoms in total. The number of likely N-dealkylation sites (tertiary alicyclic amines) is 1. The molecule has 15 heavy (non-hydrogen) atoms. The molecule has 0 saturated carbocycles. The zero-order valence-electron chi connectivity index (χ0n) is 9.95. The topological polar surface area (TPSA) is 37.4 Å². The minimum Gasteiger partial charge on any atom is -0.342 e. The van der Waals surface area contributed by atoms with Gasteiger partial charge in [-0.25, -0.2) is 0 Å². The second-order valence-electron chi connectivity index (χ2n) is 4.83. The van der Waals surface area contributed by atoms with Crippen LogP contribution in [0.2, 0.25) is 0 Å². The molecule has 1 aliphatic rings. The monoisotopic (exact) mass is 211 g/mol. The Morgan fingerprint density at radius 3 is 2.20 bits per heavy atom. The summed E-state index contributed by atoms with van der Waals surface area (Å²) in [6.07, 6.45) is 2.65. The summed E-state index contributed by atoms with van der Waals surface area (Å²) in [5.74, 6) is 1.10. The number of ketones is 1. The normalized spacial score (nSPS) is 18.3. The maximum absolute atomic E-state index is 11.7. The zero-order valence-corrected chi connectivity index (χ0v) is 9.95. The van der Waals surface area contributed by atoms with Crippen LogP contribution in [0.1, 0.15) is 40.0 Å². The van der Waals surface area contributed by atoms with E-state index in [0.29, 0.717) is 12.3 Å².